The molecule has 3 rings (SSSR count). The number of amides is 1. The van der Waals surface area contributed by atoms with E-state index >= 15 is 0 Å². The van der Waals surface area contributed by atoms with Gasteiger partial charge in [-0.2, -0.15) is 9.57 Å². The summed E-state index contributed by atoms with van der Waals surface area (Å²) >= 11 is 0. The van der Waals surface area contributed by atoms with Crippen LogP contribution in [0.5, 0.6) is 11.5 Å². The minimum Gasteiger partial charge on any atom is -0.457 e. The molecule has 3 aromatic carbocycles. The van der Waals surface area contributed by atoms with Crippen LogP contribution in [-0.2, 0) is 21.4 Å². The fourth-order valence-corrected chi connectivity index (χ4v) is 3.87. The molecule has 1 N–H and O–H groups in total. The zero-order chi connectivity index (χ0) is 23.1. The Kier molecular flexibility index (Phi) is 7.20. The molecule has 0 aliphatic rings. The van der Waals surface area contributed by atoms with Gasteiger partial charge >= 0.3 is 0 Å². The van der Waals surface area contributed by atoms with Crippen molar-refractivity contribution in [2.24, 2.45) is 0 Å². The monoisotopic (exact) mass is 453 g/mol. The van der Waals surface area contributed by atoms with Gasteiger partial charge in [0.05, 0.1) is 23.1 Å². The number of rotatable bonds is 8. The molecule has 0 aromatic heterocycles. The van der Waals surface area contributed by atoms with Crippen LogP contribution in [0.25, 0.3) is 0 Å². The van der Waals surface area contributed by atoms with Gasteiger partial charge < -0.3 is 10.1 Å². The zero-order valence-corrected chi connectivity index (χ0v) is 18.0. The van der Waals surface area contributed by atoms with Crippen molar-refractivity contribution in [1.82, 2.24) is 9.62 Å². The highest BCUT2D eigenvalue weighted by Crippen LogP contribution is 2.22. The Morgan fingerprint density at radius 1 is 1.00 bits per heavy atom. The Bertz CT molecular complexity index is 1220. The second-order valence-electron chi connectivity index (χ2n) is 6.87. The lowest BCUT2D eigenvalue weighted by Crippen LogP contribution is -2.38. The average molecular weight is 453 g/mol. The highest BCUT2D eigenvalue weighted by Gasteiger charge is 2.22. The number of hydrogen-bond acceptors (Lipinski definition) is 5. The van der Waals surface area contributed by atoms with Crippen LogP contribution >= 0.6 is 0 Å². The lowest BCUT2D eigenvalue weighted by molar-refractivity contribution is -0.121. The first-order chi connectivity index (χ1) is 15.3. The molecule has 0 fully saturated rings. The molecule has 164 valence electrons. The van der Waals surface area contributed by atoms with Crippen LogP contribution in [0.3, 0.4) is 0 Å². The third-order valence-electron chi connectivity index (χ3n) is 4.52. The zero-order valence-electron chi connectivity index (χ0n) is 17.2. The Hall–Kier alpha value is -3.74. The lowest BCUT2D eigenvalue weighted by atomic mass is 10.2. The lowest BCUT2D eigenvalue weighted by Gasteiger charge is -2.17. The third kappa shape index (κ3) is 5.91. The molecule has 3 aromatic rings. The number of benzene rings is 3. The molecule has 0 atom stereocenters. The fourth-order valence-electron chi connectivity index (χ4n) is 2.74. The quantitative estimate of drug-likeness (QED) is 0.563. The van der Waals surface area contributed by atoms with Crippen molar-refractivity contribution in [3.8, 4) is 17.6 Å². The summed E-state index contributed by atoms with van der Waals surface area (Å²) in [5.74, 6) is 0.244. The number of carbonyl (C=O) groups is 1. The van der Waals surface area contributed by atoms with Crippen LogP contribution in [0.1, 0.15) is 11.1 Å². The maximum absolute atomic E-state index is 13.0. The minimum atomic E-state index is -3.86. The second kappa shape index (κ2) is 10.0. The van der Waals surface area contributed by atoms with Gasteiger partial charge in [0.2, 0.25) is 15.9 Å². The standard InChI is InChI=1S/C23H20FN3O4S/c1-27(32(29,30)22-12-4-17(14-25)5-13-22)16-23(28)26-15-18-2-8-20(9-3-18)31-21-10-6-19(24)7-11-21/h2-13H,15-16H2,1H3,(H,26,28). The van der Waals surface area contributed by atoms with Crippen LogP contribution < -0.4 is 10.1 Å². The highest BCUT2D eigenvalue weighted by atomic mass is 32.2. The number of ether oxygens (including phenoxy) is 1. The van der Waals surface area contributed by atoms with Crippen LogP contribution in [0.2, 0.25) is 0 Å². The molecule has 0 radical (unpaired) electrons. The molecule has 0 unspecified atom stereocenters. The summed E-state index contributed by atoms with van der Waals surface area (Å²) in [6.45, 7) is -0.144. The minimum absolute atomic E-state index is 0.00328. The Balaban J connectivity index is 1.52. The first kappa shape index (κ1) is 22.9. The van der Waals surface area contributed by atoms with E-state index in [-0.39, 0.29) is 23.8 Å². The van der Waals surface area contributed by atoms with E-state index in [2.05, 4.69) is 5.32 Å². The van der Waals surface area contributed by atoms with Crippen molar-refractivity contribution in [2.75, 3.05) is 13.6 Å². The van der Waals surface area contributed by atoms with E-state index < -0.39 is 15.9 Å². The molecular formula is C23H20FN3O4S. The van der Waals surface area contributed by atoms with Crippen LogP contribution in [0.15, 0.2) is 77.7 Å². The highest BCUT2D eigenvalue weighted by molar-refractivity contribution is 7.89. The number of nitrogens with zero attached hydrogens (tertiary/aromatic N) is 2. The number of nitrogens with one attached hydrogen (secondary N) is 1. The molecular weight excluding hydrogens is 433 g/mol. The summed E-state index contributed by atoms with van der Waals surface area (Å²) in [7, 11) is -2.54. The van der Waals surface area contributed by atoms with E-state index in [9.17, 15) is 17.6 Å². The molecule has 9 heteroatoms. The van der Waals surface area contributed by atoms with E-state index in [1.54, 1.807) is 24.3 Å². The van der Waals surface area contributed by atoms with Crippen molar-refractivity contribution in [2.45, 2.75) is 11.4 Å². The van der Waals surface area contributed by atoms with Crippen LogP contribution in [0.4, 0.5) is 4.39 Å². The van der Waals surface area contributed by atoms with Gasteiger partial charge in [0.15, 0.2) is 0 Å². The molecule has 1 amide bonds. The van der Waals surface area contributed by atoms with Crippen molar-refractivity contribution in [3.05, 3.63) is 89.7 Å². The van der Waals surface area contributed by atoms with Crippen LogP contribution in [0, 0.1) is 17.1 Å². The first-order valence-corrected chi connectivity index (χ1v) is 11.0. The van der Waals surface area contributed by atoms with E-state index in [1.165, 1.54) is 55.6 Å². The topological polar surface area (TPSA) is 99.5 Å². The first-order valence-electron chi connectivity index (χ1n) is 9.53. The summed E-state index contributed by atoms with van der Waals surface area (Å²) in [5.41, 5.74) is 1.14. The van der Waals surface area contributed by atoms with Gasteiger partial charge in [-0.1, -0.05) is 12.1 Å². The number of hydrogen-bond donors (Lipinski definition) is 1. The summed E-state index contributed by atoms with van der Waals surface area (Å²) in [4.78, 5) is 12.2. The summed E-state index contributed by atoms with van der Waals surface area (Å²) in [6.07, 6.45) is 0. The van der Waals surface area contributed by atoms with Crippen molar-refractivity contribution < 1.29 is 22.3 Å². The molecule has 0 spiro atoms. The van der Waals surface area contributed by atoms with Gasteiger partial charge in [-0.15, -0.1) is 0 Å². The summed E-state index contributed by atoms with van der Waals surface area (Å²) in [5, 5.41) is 11.5. The molecule has 0 saturated heterocycles. The average Bonchev–Trinajstić information content (AvgIpc) is 2.80. The Morgan fingerprint density at radius 3 is 2.12 bits per heavy atom. The SMILES string of the molecule is CN(CC(=O)NCc1ccc(Oc2ccc(F)cc2)cc1)S(=O)(=O)c1ccc(C#N)cc1. The summed E-state index contributed by atoms with van der Waals surface area (Å²) < 4.78 is 44.7. The van der Waals surface area contributed by atoms with Gasteiger partial charge in [-0.25, -0.2) is 12.8 Å². The largest absolute Gasteiger partial charge is 0.457 e. The molecule has 7 nitrogen and oxygen atoms in total. The normalized spacial score (nSPS) is 11.1. The number of halogens is 1. The Labute approximate surface area is 185 Å². The maximum Gasteiger partial charge on any atom is 0.243 e. The van der Waals surface area contributed by atoms with E-state index in [1.807, 2.05) is 6.07 Å². The van der Waals surface area contributed by atoms with E-state index in [0.29, 0.717) is 17.1 Å². The molecule has 32 heavy (non-hydrogen) atoms. The van der Waals surface area contributed by atoms with Crippen molar-refractivity contribution in [1.29, 1.82) is 5.26 Å². The second-order valence-corrected chi connectivity index (χ2v) is 8.92. The van der Waals surface area contributed by atoms with Crippen molar-refractivity contribution >= 4 is 15.9 Å². The number of nitriles is 1. The third-order valence-corrected chi connectivity index (χ3v) is 6.34. The van der Waals surface area contributed by atoms with E-state index in [0.717, 1.165) is 9.87 Å². The summed E-state index contributed by atoms with van der Waals surface area (Å²) in [6, 6.07) is 20.0. The number of likely N-dealkylation sites (N-methyl/N-ethyl adjacent to an activating group) is 1. The van der Waals surface area contributed by atoms with Gasteiger partial charge in [-0.3, -0.25) is 4.79 Å². The number of carbonyl (C=O) groups excluding carboxylic acids is 1. The van der Waals surface area contributed by atoms with Gasteiger partial charge in [-0.05, 0) is 66.2 Å². The smallest absolute Gasteiger partial charge is 0.243 e. The number of sulfonamides is 1. The van der Waals surface area contributed by atoms with Gasteiger partial charge in [0.25, 0.3) is 0 Å². The van der Waals surface area contributed by atoms with Gasteiger partial charge in [0, 0.05) is 13.6 Å². The predicted molar refractivity (Wildman–Crippen MR) is 116 cm³/mol. The molecule has 0 heterocycles. The molecule has 0 aliphatic carbocycles. The molecule has 0 bridgehead atoms. The van der Waals surface area contributed by atoms with Crippen molar-refractivity contribution in [3.63, 3.8) is 0 Å². The maximum atomic E-state index is 13.0. The van der Waals surface area contributed by atoms with E-state index in [4.69, 9.17) is 10.00 Å². The molecule has 0 saturated carbocycles. The predicted octanol–water partition coefficient (Wildman–Crippen LogP) is 3.43. The Morgan fingerprint density at radius 2 is 1.56 bits per heavy atom. The molecule has 0 aliphatic heterocycles. The fraction of sp³-hybridized carbons (Fsp3) is 0.130. The van der Waals surface area contributed by atoms with Crippen LogP contribution in [-0.4, -0.2) is 32.2 Å². The van der Waals surface area contributed by atoms with Gasteiger partial charge in [0.1, 0.15) is 17.3 Å².